The van der Waals surface area contributed by atoms with Crippen molar-refractivity contribution < 1.29 is 0 Å². The maximum absolute atomic E-state index is 4.22. The Labute approximate surface area is 108 Å². The van der Waals surface area contributed by atoms with E-state index in [-0.39, 0.29) is 0 Å². The van der Waals surface area contributed by atoms with Gasteiger partial charge < -0.3 is 0 Å². The fourth-order valence-electron chi connectivity index (χ4n) is 1.21. The number of nitrogens with one attached hydrogen (secondary N) is 1. The number of hydrogen-bond donors (Lipinski definition) is 1. The summed E-state index contributed by atoms with van der Waals surface area (Å²) in [6.07, 6.45) is 3.39. The summed E-state index contributed by atoms with van der Waals surface area (Å²) in [7, 11) is 0. The molecule has 0 unspecified atom stereocenters. The highest BCUT2D eigenvalue weighted by Gasteiger charge is 1.98. The smallest absolute Gasteiger partial charge is 0.175 e. The Hall–Kier alpha value is -1.75. The van der Waals surface area contributed by atoms with Crippen LogP contribution < -0.4 is 5.43 Å². The van der Waals surface area contributed by atoms with E-state index in [0.29, 0.717) is 5.82 Å². The van der Waals surface area contributed by atoms with Crippen molar-refractivity contribution in [2.24, 2.45) is 5.10 Å². The van der Waals surface area contributed by atoms with Gasteiger partial charge in [-0.2, -0.15) is 5.10 Å². The van der Waals surface area contributed by atoms with Crippen molar-refractivity contribution >= 4 is 27.3 Å². The molecule has 0 aliphatic carbocycles. The van der Waals surface area contributed by atoms with Crippen molar-refractivity contribution in [1.82, 2.24) is 9.97 Å². The Kier molecular flexibility index (Phi) is 3.82. The summed E-state index contributed by atoms with van der Waals surface area (Å²) in [5, 5.41) is 4.22. The molecule has 0 saturated carbocycles. The molecule has 5 heteroatoms. The van der Waals surface area contributed by atoms with Gasteiger partial charge in [0.25, 0.3) is 0 Å². The van der Waals surface area contributed by atoms with Crippen molar-refractivity contribution in [3.05, 3.63) is 53.0 Å². The molecule has 0 aliphatic rings. The van der Waals surface area contributed by atoms with E-state index in [1.165, 1.54) is 0 Å². The summed E-state index contributed by atoms with van der Waals surface area (Å²) in [6, 6.07) is 9.55. The minimum absolute atomic E-state index is 0.622. The van der Waals surface area contributed by atoms with Gasteiger partial charge in [0.1, 0.15) is 5.71 Å². The number of anilines is 1. The molecule has 1 heterocycles. The van der Waals surface area contributed by atoms with Crippen LogP contribution in [0.25, 0.3) is 0 Å². The molecule has 0 aliphatic heterocycles. The Morgan fingerprint density at radius 2 is 1.82 bits per heavy atom. The number of aromatic nitrogens is 2. The molecule has 0 saturated heterocycles. The molecule has 0 bridgehead atoms. The van der Waals surface area contributed by atoms with Gasteiger partial charge in [0.2, 0.25) is 0 Å². The van der Waals surface area contributed by atoms with Crippen LogP contribution in [0.4, 0.5) is 5.69 Å². The van der Waals surface area contributed by atoms with Crippen molar-refractivity contribution in [1.29, 1.82) is 0 Å². The van der Waals surface area contributed by atoms with Crippen LogP contribution in [0, 0.1) is 0 Å². The van der Waals surface area contributed by atoms with Gasteiger partial charge in [0.15, 0.2) is 5.82 Å². The molecule has 2 rings (SSSR count). The van der Waals surface area contributed by atoms with Gasteiger partial charge in [-0.25, -0.2) is 9.97 Å². The van der Waals surface area contributed by atoms with Crippen LogP contribution in [0.2, 0.25) is 0 Å². The second kappa shape index (κ2) is 5.54. The van der Waals surface area contributed by atoms with E-state index in [0.717, 1.165) is 15.9 Å². The van der Waals surface area contributed by atoms with E-state index in [1.807, 2.05) is 31.2 Å². The molecule has 0 fully saturated rings. The molecule has 1 aromatic heterocycles. The van der Waals surface area contributed by atoms with Crippen LogP contribution in [-0.2, 0) is 0 Å². The van der Waals surface area contributed by atoms with Crippen LogP contribution in [0.1, 0.15) is 12.7 Å². The topological polar surface area (TPSA) is 50.2 Å². The first-order valence-corrected chi connectivity index (χ1v) is 5.88. The van der Waals surface area contributed by atoms with Crippen LogP contribution in [0.5, 0.6) is 0 Å². The average Bonchev–Trinajstić information content (AvgIpc) is 2.39. The Balaban J connectivity index is 2.08. The molecule has 4 nitrogen and oxygen atoms in total. The van der Waals surface area contributed by atoms with E-state index in [1.54, 1.807) is 18.5 Å². The average molecular weight is 291 g/mol. The van der Waals surface area contributed by atoms with E-state index >= 15 is 0 Å². The molecule has 0 spiro atoms. The third kappa shape index (κ3) is 3.35. The summed E-state index contributed by atoms with van der Waals surface area (Å²) in [6.45, 7) is 1.86. The third-order valence-electron chi connectivity index (χ3n) is 2.09. The predicted octanol–water partition coefficient (Wildman–Crippen LogP) is 3.08. The van der Waals surface area contributed by atoms with Gasteiger partial charge in [0, 0.05) is 16.9 Å². The molecule has 0 amide bonds. The van der Waals surface area contributed by atoms with E-state index in [4.69, 9.17) is 0 Å². The van der Waals surface area contributed by atoms with Crippen LogP contribution in [0.3, 0.4) is 0 Å². The van der Waals surface area contributed by atoms with Crippen molar-refractivity contribution in [3.8, 4) is 0 Å². The number of halogens is 1. The quantitative estimate of drug-likeness (QED) is 0.698. The molecule has 86 valence electrons. The van der Waals surface area contributed by atoms with Gasteiger partial charge >= 0.3 is 0 Å². The SMILES string of the molecule is C/C(=N/Nc1ccc(Br)cc1)c1ncccn1. The first kappa shape index (κ1) is 11.7. The Bertz CT molecular complexity index is 508. The number of nitrogens with zero attached hydrogens (tertiary/aromatic N) is 3. The predicted molar refractivity (Wildman–Crippen MR) is 72.0 cm³/mol. The lowest BCUT2D eigenvalue weighted by atomic mass is 10.3. The highest BCUT2D eigenvalue weighted by atomic mass is 79.9. The van der Waals surface area contributed by atoms with Crippen molar-refractivity contribution in [3.63, 3.8) is 0 Å². The Morgan fingerprint density at radius 3 is 2.47 bits per heavy atom. The van der Waals surface area contributed by atoms with Gasteiger partial charge in [-0.15, -0.1) is 0 Å². The van der Waals surface area contributed by atoms with Gasteiger partial charge in [0.05, 0.1) is 5.69 Å². The number of hydrogen-bond acceptors (Lipinski definition) is 4. The Morgan fingerprint density at radius 1 is 1.18 bits per heavy atom. The number of benzene rings is 1. The van der Waals surface area contributed by atoms with E-state index in [2.05, 4.69) is 36.4 Å². The first-order valence-electron chi connectivity index (χ1n) is 5.09. The zero-order valence-corrected chi connectivity index (χ0v) is 10.8. The molecule has 0 radical (unpaired) electrons. The third-order valence-corrected chi connectivity index (χ3v) is 2.61. The normalized spacial score (nSPS) is 11.3. The van der Waals surface area contributed by atoms with Gasteiger partial charge in [-0.3, -0.25) is 5.43 Å². The van der Waals surface area contributed by atoms with Gasteiger partial charge in [-0.05, 0) is 37.3 Å². The standard InChI is InChI=1S/C12H11BrN4/c1-9(12-14-7-2-8-15-12)16-17-11-5-3-10(13)4-6-11/h2-8,17H,1H3/b16-9-. The zero-order chi connectivity index (χ0) is 12.1. The molecule has 1 N–H and O–H groups in total. The highest BCUT2D eigenvalue weighted by Crippen LogP contribution is 2.14. The first-order chi connectivity index (χ1) is 8.25. The molecular weight excluding hydrogens is 280 g/mol. The summed E-state index contributed by atoms with van der Waals surface area (Å²) < 4.78 is 1.04. The monoisotopic (exact) mass is 290 g/mol. The van der Waals surface area contributed by atoms with Crippen LogP contribution >= 0.6 is 15.9 Å². The highest BCUT2D eigenvalue weighted by molar-refractivity contribution is 9.10. The molecule has 17 heavy (non-hydrogen) atoms. The summed E-state index contributed by atoms with van der Waals surface area (Å²) >= 11 is 3.38. The molecule has 1 aromatic carbocycles. The summed E-state index contributed by atoms with van der Waals surface area (Å²) in [5.74, 6) is 0.622. The molecular formula is C12H11BrN4. The van der Waals surface area contributed by atoms with Crippen LogP contribution in [-0.4, -0.2) is 15.7 Å². The van der Waals surface area contributed by atoms with E-state index in [9.17, 15) is 0 Å². The fourth-order valence-corrected chi connectivity index (χ4v) is 1.47. The van der Waals surface area contributed by atoms with E-state index < -0.39 is 0 Å². The van der Waals surface area contributed by atoms with Crippen molar-refractivity contribution in [2.75, 3.05) is 5.43 Å². The van der Waals surface area contributed by atoms with Crippen molar-refractivity contribution in [2.45, 2.75) is 6.92 Å². The lowest BCUT2D eigenvalue weighted by Gasteiger charge is -2.02. The number of rotatable bonds is 3. The second-order valence-electron chi connectivity index (χ2n) is 3.39. The second-order valence-corrected chi connectivity index (χ2v) is 4.30. The molecule has 0 atom stereocenters. The lowest BCUT2D eigenvalue weighted by Crippen LogP contribution is -2.04. The fraction of sp³-hybridized carbons (Fsp3) is 0.0833. The largest absolute Gasteiger partial charge is 0.278 e. The number of hydrazone groups is 1. The van der Waals surface area contributed by atoms with Gasteiger partial charge in [-0.1, -0.05) is 15.9 Å². The summed E-state index contributed by atoms with van der Waals surface area (Å²) in [4.78, 5) is 8.23. The minimum atomic E-state index is 0.622. The minimum Gasteiger partial charge on any atom is -0.278 e. The maximum atomic E-state index is 4.22. The maximum Gasteiger partial charge on any atom is 0.175 e. The molecule has 2 aromatic rings. The lowest BCUT2D eigenvalue weighted by molar-refractivity contribution is 1.12. The summed E-state index contributed by atoms with van der Waals surface area (Å²) in [5.41, 5.74) is 4.62. The zero-order valence-electron chi connectivity index (χ0n) is 9.26. The van der Waals surface area contributed by atoms with Crippen LogP contribution in [0.15, 0.2) is 52.3 Å².